The molecule has 2 unspecified atom stereocenters. The van der Waals surface area contributed by atoms with Crippen LogP contribution in [0.5, 0.6) is 0 Å². The van der Waals surface area contributed by atoms with Gasteiger partial charge in [-0.3, -0.25) is 14.9 Å². The Hall–Kier alpha value is -2.53. The van der Waals surface area contributed by atoms with Crippen molar-refractivity contribution in [2.24, 2.45) is 5.92 Å². The molecule has 1 heterocycles. The Balaban J connectivity index is 2.01. The van der Waals surface area contributed by atoms with Gasteiger partial charge in [0.15, 0.2) is 0 Å². The van der Waals surface area contributed by atoms with Crippen molar-refractivity contribution in [3.8, 4) is 10.6 Å². The highest BCUT2D eigenvalue weighted by molar-refractivity contribution is 9.10. The van der Waals surface area contributed by atoms with Crippen LogP contribution >= 0.6 is 27.3 Å². The number of halogens is 1. The third kappa shape index (κ3) is 7.06. The van der Waals surface area contributed by atoms with Gasteiger partial charge in [-0.15, -0.1) is 10.2 Å². The van der Waals surface area contributed by atoms with Crippen LogP contribution in [0.15, 0.2) is 28.7 Å². The summed E-state index contributed by atoms with van der Waals surface area (Å²) in [6.07, 6.45) is 0.662. The Morgan fingerprint density at radius 2 is 2.00 bits per heavy atom. The van der Waals surface area contributed by atoms with E-state index in [0.717, 1.165) is 10.0 Å². The van der Waals surface area contributed by atoms with Crippen LogP contribution in [0.2, 0.25) is 0 Å². The minimum absolute atomic E-state index is 0.143. The van der Waals surface area contributed by atoms with Gasteiger partial charge in [-0.25, -0.2) is 4.79 Å². The van der Waals surface area contributed by atoms with E-state index in [-0.39, 0.29) is 19.1 Å². The third-order valence-corrected chi connectivity index (χ3v) is 5.59. The fourth-order valence-corrected chi connectivity index (χ4v) is 3.60. The zero-order chi connectivity index (χ0) is 22.1. The predicted octanol–water partition coefficient (Wildman–Crippen LogP) is 3.18. The summed E-state index contributed by atoms with van der Waals surface area (Å²) in [6.45, 7) is 5.39. The van der Waals surface area contributed by atoms with Gasteiger partial charge in [0.25, 0.3) is 0 Å². The Labute approximate surface area is 187 Å². The van der Waals surface area contributed by atoms with E-state index in [1.807, 2.05) is 38.1 Å². The number of rotatable bonds is 9. The number of amides is 3. The number of ether oxygens (including phenoxy) is 1. The van der Waals surface area contributed by atoms with E-state index in [1.54, 1.807) is 6.92 Å². The lowest BCUT2D eigenvalue weighted by molar-refractivity contribution is -0.141. The van der Waals surface area contributed by atoms with E-state index in [9.17, 15) is 14.4 Å². The highest BCUT2D eigenvalue weighted by atomic mass is 79.9. The van der Waals surface area contributed by atoms with Gasteiger partial charge in [0.05, 0.1) is 6.61 Å². The lowest BCUT2D eigenvalue weighted by Crippen LogP contribution is -2.51. The third-order valence-electron chi connectivity index (χ3n) is 4.21. The van der Waals surface area contributed by atoms with Crippen LogP contribution in [0.4, 0.5) is 9.93 Å². The smallest absolute Gasteiger partial charge is 0.325 e. The molecule has 0 saturated carbocycles. The molecule has 3 amide bonds. The number of nitrogens with one attached hydrogen (secondary N) is 3. The molecule has 2 rings (SSSR count). The largest absolute Gasteiger partial charge is 0.465 e. The number of carbonyl (C=O) groups excluding carboxylic acids is 3. The number of carbonyl (C=O) groups is 3. The number of anilines is 1. The first-order chi connectivity index (χ1) is 14.3. The first kappa shape index (κ1) is 23.7. The number of hydrogen-bond donors (Lipinski definition) is 3. The van der Waals surface area contributed by atoms with E-state index in [0.29, 0.717) is 16.6 Å². The Morgan fingerprint density at radius 1 is 1.23 bits per heavy atom. The van der Waals surface area contributed by atoms with E-state index in [4.69, 9.17) is 4.74 Å². The van der Waals surface area contributed by atoms with E-state index >= 15 is 0 Å². The SMILES string of the molecule is CCOC(=O)CNC(=O)NC(C(=O)Nc1nnc(-c2cccc(Br)c2)s1)C(C)CC. The molecule has 0 aliphatic carbocycles. The summed E-state index contributed by atoms with van der Waals surface area (Å²) in [5, 5.41) is 16.8. The number of benzene rings is 1. The molecule has 0 bridgehead atoms. The van der Waals surface area contributed by atoms with Crippen molar-refractivity contribution in [1.82, 2.24) is 20.8 Å². The summed E-state index contributed by atoms with van der Waals surface area (Å²) < 4.78 is 5.67. The fraction of sp³-hybridized carbons (Fsp3) is 0.421. The minimum atomic E-state index is -0.810. The molecular formula is C19H24BrN5O4S. The number of urea groups is 1. The van der Waals surface area contributed by atoms with Crippen molar-refractivity contribution in [1.29, 1.82) is 0 Å². The van der Waals surface area contributed by atoms with Gasteiger partial charge in [-0.05, 0) is 25.0 Å². The topological polar surface area (TPSA) is 122 Å². The van der Waals surface area contributed by atoms with Gasteiger partial charge >= 0.3 is 12.0 Å². The molecule has 0 saturated heterocycles. The van der Waals surface area contributed by atoms with Crippen molar-refractivity contribution in [2.45, 2.75) is 33.2 Å². The Kier molecular flexibility index (Phi) is 9.18. The summed E-state index contributed by atoms with van der Waals surface area (Å²) in [5.41, 5.74) is 0.873. The van der Waals surface area contributed by atoms with Crippen molar-refractivity contribution >= 4 is 50.3 Å². The second-order valence-corrected chi connectivity index (χ2v) is 8.30. The monoisotopic (exact) mass is 497 g/mol. The van der Waals surface area contributed by atoms with Crippen molar-refractivity contribution < 1.29 is 19.1 Å². The standard InChI is InChI=1S/C19H24BrN5O4S/c1-4-11(3)15(22-18(28)21-10-14(26)29-5-2)16(27)23-19-25-24-17(30-19)12-7-6-8-13(20)9-12/h6-9,11,15H,4-5,10H2,1-3H3,(H2,21,22,28)(H,23,25,27). The van der Waals surface area contributed by atoms with Crippen LogP contribution in [0.25, 0.3) is 10.6 Å². The first-order valence-corrected chi connectivity index (χ1v) is 11.0. The molecule has 3 N–H and O–H groups in total. The van der Waals surface area contributed by atoms with Gasteiger partial charge in [0.2, 0.25) is 11.0 Å². The first-order valence-electron chi connectivity index (χ1n) is 9.44. The molecule has 2 atom stereocenters. The molecule has 11 heteroatoms. The van der Waals surface area contributed by atoms with Gasteiger partial charge in [0, 0.05) is 10.0 Å². The molecule has 0 aliphatic heterocycles. The highest BCUT2D eigenvalue weighted by Crippen LogP contribution is 2.28. The molecule has 1 aromatic carbocycles. The van der Waals surface area contributed by atoms with Gasteiger partial charge in [-0.1, -0.05) is 59.7 Å². The number of esters is 1. The zero-order valence-electron chi connectivity index (χ0n) is 16.9. The second-order valence-electron chi connectivity index (χ2n) is 6.41. The van der Waals surface area contributed by atoms with Crippen LogP contribution in [0, 0.1) is 5.92 Å². The Morgan fingerprint density at radius 3 is 2.67 bits per heavy atom. The molecule has 1 aromatic heterocycles. The maximum atomic E-state index is 12.8. The van der Waals surface area contributed by atoms with Crippen molar-refractivity contribution in [3.05, 3.63) is 28.7 Å². The lowest BCUT2D eigenvalue weighted by Gasteiger charge is -2.23. The van der Waals surface area contributed by atoms with Crippen LogP contribution < -0.4 is 16.0 Å². The number of hydrogen-bond acceptors (Lipinski definition) is 7. The average Bonchev–Trinajstić information content (AvgIpc) is 3.18. The van der Waals surface area contributed by atoms with Crippen LogP contribution in [0.1, 0.15) is 27.2 Å². The zero-order valence-corrected chi connectivity index (χ0v) is 19.3. The van der Waals surface area contributed by atoms with Gasteiger partial charge in [-0.2, -0.15) is 0 Å². The molecule has 2 aromatic rings. The average molecular weight is 498 g/mol. The summed E-state index contributed by atoms with van der Waals surface area (Å²) in [6, 6.07) is 6.16. The molecule has 0 fully saturated rings. The summed E-state index contributed by atoms with van der Waals surface area (Å²) in [4.78, 5) is 36.3. The molecular weight excluding hydrogens is 474 g/mol. The minimum Gasteiger partial charge on any atom is -0.465 e. The van der Waals surface area contributed by atoms with Gasteiger partial charge in [0.1, 0.15) is 17.6 Å². The van der Waals surface area contributed by atoms with Crippen LogP contribution in [0.3, 0.4) is 0 Å². The van der Waals surface area contributed by atoms with Crippen molar-refractivity contribution in [3.63, 3.8) is 0 Å². The van der Waals surface area contributed by atoms with E-state index < -0.39 is 23.9 Å². The van der Waals surface area contributed by atoms with Crippen LogP contribution in [-0.4, -0.2) is 47.3 Å². The molecule has 0 radical (unpaired) electrons. The predicted molar refractivity (Wildman–Crippen MR) is 118 cm³/mol. The molecule has 0 spiro atoms. The molecule has 9 nitrogen and oxygen atoms in total. The number of aromatic nitrogens is 2. The lowest BCUT2D eigenvalue weighted by atomic mass is 9.98. The van der Waals surface area contributed by atoms with Crippen LogP contribution in [-0.2, 0) is 14.3 Å². The fourth-order valence-electron chi connectivity index (χ4n) is 2.45. The summed E-state index contributed by atoms with van der Waals surface area (Å²) in [5.74, 6) is -1.10. The molecule has 162 valence electrons. The van der Waals surface area contributed by atoms with Crippen molar-refractivity contribution in [2.75, 3.05) is 18.5 Å². The second kappa shape index (κ2) is 11.6. The van der Waals surface area contributed by atoms with E-state index in [2.05, 4.69) is 42.1 Å². The molecule has 0 aliphatic rings. The quantitative estimate of drug-likeness (QED) is 0.457. The maximum absolute atomic E-state index is 12.8. The van der Waals surface area contributed by atoms with E-state index in [1.165, 1.54) is 11.3 Å². The highest BCUT2D eigenvalue weighted by Gasteiger charge is 2.27. The Bertz CT molecular complexity index is 891. The van der Waals surface area contributed by atoms with Gasteiger partial charge < -0.3 is 15.4 Å². The number of nitrogens with zero attached hydrogens (tertiary/aromatic N) is 2. The summed E-state index contributed by atoms with van der Waals surface area (Å²) in [7, 11) is 0. The summed E-state index contributed by atoms with van der Waals surface area (Å²) >= 11 is 4.65. The normalized spacial score (nSPS) is 12.5. The maximum Gasteiger partial charge on any atom is 0.325 e. The molecule has 30 heavy (non-hydrogen) atoms.